The smallest absolute Gasteiger partial charge is 0.123 e. The van der Waals surface area contributed by atoms with Gasteiger partial charge < -0.3 is 5.32 Å². The molecule has 0 bridgehead atoms. The van der Waals surface area contributed by atoms with Gasteiger partial charge in [-0.25, -0.2) is 4.39 Å². The van der Waals surface area contributed by atoms with Crippen molar-refractivity contribution in [2.24, 2.45) is 0 Å². The highest BCUT2D eigenvalue weighted by molar-refractivity contribution is 9.10. The molecule has 0 amide bonds. The molecular formula is C14H17BrFN. The Hall–Kier alpha value is -0.670. The number of benzene rings is 1. The summed E-state index contributed by atoms with van der Waals surface area (Å²) in [5.41, 5.74) is 2.39. The normalized spacial score (nSPS) is 17.0. The van der Waals surface area contributed by atoms with Crippen LogP contribution in [0.3, 0.4) is 0 Å². The van der Waals surface area contributed by atoms with E-state index in [0.29, 0.717) is 0 Å². The van der Waals surface area contributed by atoms with Crippen LogP contribution in [-0.2, 0) is 0 Å². The van der Waals surface area contributed by atoms with Crippen LogP contribution in [0.1, 0.15) is 37.8 Å². The molecule has 92 valence electrons. The van der Waals surface area contributed by atoms with E-state index in [-0.39, 0.29) is 11.9 Å². The molecule has 0 radical (unpaired) electrons. The van der Waals surface area contributed by atoms with Crippen LogP contribution in [-0.4, -0.2) is 6.54 Å². The molecular weight excluding hydrogens is 281 g/mol. The summed E-state index contributed by atoms with van der Waals surface area (Å²) in [5.74, 6) is -0.176. The van der Waals surface area contributed by atoms with E-state index in [1.54, 1.807) is 12.1 Å². The zero-order valence-electron chi connectivity index (χ0n) is 9.97. The van der Waals surface area contributed by atoms with E-state index in [4.69, 9.17) is 0 Å². The summed E-state index contributed by atoms with van der Waals surface area (Å²) >= 11 is 3.51. The Kier molecular flexibility index (Phi) is 4.35. The summed E-state index contributed by atoms with van der Waals surface area (Å²) in [6, 6.07) is 5.04. The van der Waals surface area contributed by atoms with Gasteiger partial charge in [-0.2, -0.15) is 0 Å². The standard InChI is InChI=1S/C14H17BrFN/c1-2-17-14(10-5-3-4-6-10)12-9-11(16)7-8-13(12)15/h5,7-9,14,17H,2-4,6H2,1H3. The highest BCUT2D eigenvalue weighted by Crippen LogP contribution is 2.34. The molecule has 0 spiro atoms. The van der Waals surface area contributed by atoms with Crippen LogP contribution in [0, 0.1) is 5.82 Å². The first-order chi connectivity index (χ1) is 8.22. The van der Waals surface area contributed by atoms with Crippen molar-refractivity contribution in [3.63, 3.8) is 0 Å². The minimum Gasteiger partial charge on any atom is -0.307 e. The third-order valence-electron chi connectivity index (χ3n) is 3.12. The summed E-state index contributed by atoms with van der Waals surface area (Å²) in [6.07, 6.45) is 5.75. The first-order valence-electron chi connectivity index (χ1n) is 6.09. The minimum absolute atomic E-state index is 0.146. The highest BCUT2D eigenvalue weighted by Gasteiger charge is 2.20. The van der Waals surface area contributed by atoms with E-state index in [2.05, 4.69) is 34.2 Å². The van der Waals surface area contributed by atoms with Crippen molar-refractivity contribution < 1.29 is 4.39 Å². The Morgan fingerprint density at radius 1 is 1.47 bits per heavy atom. The molecule has 1 nitrogen and oxygen atoms in total. The average Bonchev–Trinajstić information content (AvgIpc) is 2.83. The molecule has 3 heteroatoms. The predicted octanol–water partition coefficient (Wildman–Crippen LogP) is 4.35. The fourth-order valence-electron chi connectivity index (χ4n) is 2.34. The molecule has 1 aromatic carbocycles. The fraction of sp³-hybridized carbons (Fsp3) is 0.429. The second-order valence-electron chi connectivity index (χ2n) is 4.33. The topological polar surface area (TPSA) is 12.0 Å². The summed E-state index contributed by atoms with van der Waals surface area (Å²) in [5, 5.41) is 3.44. The van der Waals surface area contributed by atoms with E-state index in [9.17, 15) is 4.39 Å². The van der Waals surface area contributed by atoms with Crippen molar-refractivity contribution in [2.45, 2.75) is 32.2 Å². The Morgan fingerprint density at radius 2 is 2.29 bits per heavy atom. The molecule has 1 aromatic rings. The molecule has 0 aliphatic heterocycles. The number of nitrogens with one attached hydrogen (secondary N) is 1. The maximum Gasteiger partial charge on any atom is 0.123 e. The van der Waals surface area contributed by atoms with Gasteiger partial charge in [0.25, 0.3) is 0 Å². The zero-order valence-corrected chi connectivity index (χ0v) is 11.6. The number of rotatable bonds is 4. The SMILES string of the molecule is CCNC(C1=CCCC1)c1cc(F)ccc1Br. The van der Waals surface area contributed by atoms with Gasteiger partial charge >= 0.3 is 0 Å². The molecule has 1 atom stereocenters. The van der Waals surface area contributed by atoms with Crippen LogP contribution in [0.2, 0.25) is 0 Å². The van der Waals surface area contributed by atoms with Crippen molar-refractivity contribution in [2.75, 3.05) is 6.54 Å². The Balaban J connectivity index is 2.34. The van der Waals surface area contributed by atoms with Crippen molar-refractivity contribution >= 4 is 15.9 Å². The number of halogens is 2. The third kappa shape index (κ3) is 2.96. The van der Waals surface area contributed by atoms with Crippen LogP contribution < -0.4 is 5.32 Å². The van der Waals surface area contributed by atoms with Crippen LogP contribution in [0.15, 0.2) is 34.3 Å². The zero-order chi connectivity index (χ0) is 12.3. The lowest BCUT2D eigenvalue weighted by Crippen LogP contribution is -2.22. The molecule has 0 aromatic heterocycles. The molecule has 0 heterocycles. The number of likely N-dealkylation sites (N-methyl/N-ethyl adjacent to an activating group) is 1. The average molecular weight is 298 g/mol. The summed E-state index contributed by atoms with van der Waals surface area (Å²) in [4.78, 5) is 0. The number of hydrogen-bond donors (Lipinski definition) is 1. The van der Waals surface area contributed by atoms with Gasteiger partial charge in [0.15, 0.2) is 0 Å². The summed E-state index contributed by atoms with van der Waals surface area (Å²) in [6.45, 7) is 2.96. The van der Waals surface area contributed by atoms with Crippen molar-refractivity contribution in [1.29, 1.82) is 0 Å². The van der Waals surface area contributed by atoms with Gasteiger partial charge in [0.1, 0.15) is 5.82 Å². The Morgan fingerprint density at radius 3 is 2.94 bits per heavy atom. The predicted molar refractivity (Wildman–Crippen MR) is 72.5 cm³/mol. The van der Waals surface area contributed by atoms with Gasteiger partial charge in [0.2, 0.25) is 0 Å². The maximum absolute atomic E-state index is 13.4. The lowest BCUT2D eigenvalue weighted by atomic mass is 9.98. The Labute approximate surface area is 110 Å². The van der Waals surface area contributed by atoms with Crippen molar-refractivity contribution in [3.8, 4) is 0 Å². The molecule has 0 fully saturated rings. The molecule has 1 aliphatic carbocycles. The second kappa shape index (κ2) is 5.78. The van der Waals surface area contributed by atoms with Crippen LogP contribution in [0.4, 0.5) is 4.39 Å². The van der Waals surface area contributed by atoms with Crippen molar-refractivity contribution in [1.82, 2.24) is 5.32 Å². The van der Waals surface area contributed by atoms with Crippen molar-refractivity contribution in [3.05, 3.63) is 45.7 Å². The van der Waals surface area contributed by atoms with E-state index in [0.717, 1.165) is 29.4 Å². The first-order valence-corrected chi connectivity index (χ1v) is 6.89. The first kappa shape index (κ1) is 12.8. The maximum atomic E-state index is 13.4. The largest absolute Gasteiger partial charge is 0.307 e. The quantitative estimate of drug-likeness (QED) is 0.815. The van der Waals surface area contributed by atoms with E-state index in [1.807, 2.05) is 0 Å². The van der Waals surface area contributed by atoms with Crippen LogP contribution in [0.5, 0.6) is 0 Å². The van der Waals surface area contributed by atoms with E-state index < -0.39 is 0 Å². The van der Waals surface area contributed by atoms with E-state index >= 15 is 0 Å². The number of hydrogen-bond acceptors (Lipinski definition) is 1. The molecule has 1 aliphatic rings. The molecule has 0 saturated carbocycles. The van der Waals surface area contributed by atoms with Gasteiger partial charge in [-0.1, -0.05) is 34.5 Å². The van der Waals surface area contributed by atoms with Gasteiger partial charge in [-0.15, -0.1) is 0 Å². The Bertz CT molecular complexity index is 428. The monoisotopic (exact) mass is 297 g/mol. The summed E-state index contributed by atoms with van der Waals surface area (Å²) in [7, 11) is 0. The van der Waals surface area contributed by atoms with Gasteiger partial charge in [0.05, 0.1) is 6.04 Å². The molecule has 1 N–H and O–H groups in total. The van der Waals surface area contributed by atoms with Gasteiger partial charge in [-0.3, -0.25) is 0 Å². The van der Waals surface area contributed by atoms with Crippen LogP contribution >= 0.6 is 15.9 Å². The molecule has 1 unspecified atom stereocenters. The summed E-state index contributed by atoms with van der Waals surface area (Å²) < 4.78 is 14.3. The molecule has 2 rings (SSSR count). The lowest BCUT2D eigenvalue weighted by molar-refractivity contribution is 0.587. The van der Waals surface area contributed by atoms with Gasteiger partial charge in [0, 0.05) is 4.47 Å². The molecule has 0 saturated heterocycles. The fourth-order valence-corrected chi connectivity index (χ4v) is 2.81. The second-order valence-corrected chi connectivity index (χ2v) is 5.18. The van der Waals surface area contributed by atoms with E-state index in [1.165, 1.54) is 18.1 Å². The molecule has 17 heavy (non-hydrogen) atoms. The van der Waals surface area contributed by atoms with Crippen LogP contribution in [0.25, 0.3) is 0 Å². The van der Waals surface area contributed by atoms with Gasteiger partial charge in [-0.05, 0) is 49.6 Å². The highest BCUT2D eigenvalue weighted by atomic mass is 79.9. The minimum atomic E-state index is -0.176. The number of allylic oxidation sites excluding steroid dienone is 1. The third-order valence-corrected chi connectivity index (χ3v) is 3.85. The lowest BCUT2D eigenvalue weighted by Gasteiger charge is -2.21.